The summed E-state index contributed by atoms with van der Waals surface area (Å²) >= 11 is 0. The molecule has 0 amide bonds. The van der Waals surface area contributed by atoms with E-state index in [1.165, 1.54) is 5.56 Å². The Balaban J connectivity index is 1.06. The quantitative estimate of drug-likeness (QED) is 0.173. The van der Waals surface area contributed by atoms with Gasteiger partial charge >= 0.3 is 0 Å². The fourth-order valence-electron chi connectivity index (χ4n) is 10.5. The minimum atomic E-state index is -2.29. The van der Waals surface area contributed by atoms with Crippen LogP contribution < -0.4 is 9.64 Å². The van der Waals surface area contributed by atoms with E-state index in [1.54, 1.807) is 0 Å². The van der Waals surface area contributed by atoms with Crippen LogP contribution in [-0.2, 0) is 17.5 Å². The summed E-state index contributed by atoms with van der Waals surface area (Å²) in [6.45, 7) is 11.3. The van der Waals surface area contributed by atoms with Crippen molar-refractivity contribution in [2.75, 3.05) is 4.90 Å². The Morgan fingerprint density at radius 1 is 0.500 bits per heavy atom. The van der Waals surface area contributed by atoms with E-state index in [4.69, 9.17) is 13.8 Å². The van der Waals surface area contributed by atoms with Gasteiger partial charge < -0.3 is 14.2 Å². The van der Waals surface area contributed by atoms with Gasteiger partial charge in [0.25, 0.3) is 0 Å². The predicted octanol–water partition coefficient (Wildman–Crippen LogP) is 17.2. The van der Waals surface area contributed by atoms with E-state index in [9.17, 15) is 0 Å². The first-order valence-corrected chi connectivity index (χ1v) is 23.5. The van der Waals surface area contributed by atoms with Gasteiger partial charge in [-0.05, 0) is 104 Å². The van der Waals surface area contributed by atoms with Gasteiger partial charge in [0.1, 0.15) is 24.0 Å². The summed E-state index contributed by atoms with van der Waals surface area (Å²) in [5.41, 5.74) is 10.3. The summed E-state index contributed by atoms with van der Waals surface area (Å²) in [4.78, 5) is 7.27. The van der Waals surface area contributed by atoms with E-state index < -0.39 is 6.85 Å². The van der Waals surface area contributed by atoms with Gasteiger partial charge in [-0.2, -0.15) is 0 Å². The van der Waals surface area contributed by atoms with Crippen molar-refractivity contribution in [3.8, 4) is 28.4 Å². The van der Waals surface area contributed by atoms with Crippen molar-refractivity contribution in [2.45, 2.75) is 65.9 Å². The lowest BCUT2D eigenvalue weighted by Crippen LogP contribution is -2.15. The molecular weight excluding hydrogens is 829 g/mol. The third kappa shape index (κ3) is 6.87. The van der Waals surface area contributed by atoms with Crippen molar-refractivity contribution in [2.24, 2.45) is 0 Å². The zero-order valence-electron chi connectivity index (χ0n) is 42.3. The van der Waals surface area contributed by atoms with Crippen LogP contribution in [-0.4, -0.2) is 14.1 Å². The van der Waals surface area contributed by atoms with Gasteiger partial charge in [0.2, 0.25) is 0 Å². The van der Waals surface area contributed by atoms with Gasteiger partial charge in [-0.3, -0.25) is 4.57 Å². The summed E-state index contributed by atoms with van der Waals surface area (Å²) in [6, 6.07) is 63.9. The Morgan fingerprint density at radius 2 is 1.12 bits per heavy atom. The average molecular weight is 886 g/mol. The normalized spacial score (nSPS) is 13.7. The van der Waals surface area contributed by atoms with Crippen molar-refractivity contribution in [3.63, 3.8) is 0 Å². The summed E-state index contributed by atoms with van der Waals surface area (Å²) in [6.07, 6.45) is 1.91. The SMILES string of the molecule is [2H]C([2H])([2H])c1cc(-c2cccc3c4ccccc4c4ccccc4c4cccc5c4n(c23)CN5c2cccc(Oc3ccc4c5ccccc5n(-c5cc(C(C)(C)C)ccn5)c4c3)c2)cc(C(C)(C)C)c1. The van der Waals surface area contributed by atoms with Gasteiger partial charge in [0.05, 0.1) is 27.8 Å². The molecule has 0 bridgehead atoms. The van der Waals surface area contributed by atoms with Crippen molar-refractivity contribution in [1.82, 2.24) is 14.1 Å². The molecule has 1 aliphatic rings. The first-order chi connectivity index (χ1) is 34.1. The molecular formula is C63H54N4O. The van der Waals surface area contributed by atoms with Gasteiger partial charge in [0.15, 0.2) is 0 Å². The lowest BCUT2D eigenvalue weighted by Gasteiger charge is -2.22. The van der Waals surface area contributed by atoms with Crippen LogP contribution in [0.1, 0.15) is 62.3 Å². The molecule has 0 aliphatic carbocycles. The summed E-state index contributed by atoms with van der Waals surface area (Å²) in [7, 11) is 0. The molecule has 0 N–H and O–H groups in total. The number of fused-ring (bicyclic) bond motifs is 10. The molecule has 4 heterocycles. The van der Waals surface area contributed by atoms with E-state index >= 15 is 0 Å². The molecule has 3 aromatic heterocycles. The molecule has 0 radical (unpaired) electrons. The highest BCUT2D eigenvalue weighted by molar-refractivity contribution is 6.22. The Bertz CT molecular complexity index is 4000. The average Bonchev–Trinajstić information content (AvgIpc) is 3.92. The fraction of sp³-hybridized carbons (Fsp3) is 0.159. The highest BCUT2D eigenvalue weighted by atomic mass is 16.5. The van der Waals surface area contributed by atoms with E-state index in [1.807, 2.05) is 24.4 Å². The molecule has 5 heteroatoms. The smallest absolute Gasteiger partial charge is 0.137 e. The zero-order chi connectivity index (χ0) is 49.0. The van der Waals surface area contributed by atoms with Crippen LogP contribution in [0, 0.1) is 6.85 Å². The monoisotopic (exact) mass is 885 g/mol. The molecule has 1 aliphatic heterocycles. The van der Waals surface area contributed by atoms with Gasteiger partial charge in [0, 0.05) is 55.2 Å². The third-order valence-electron chi connectivity index (χ3n) is 13.8. The molecule has 11 aromatic rings. The molecule has 0 atom stereocenters. The van der Waals surface area contributed by atoms with Crippen LogP contribution in [0.3, 0.4) is 0 Å². The number of hydrogen-bond donors (Lipinski definition) is 0. The number of ether oxygens (including phenoxy) is 1. The van der Waals surface area contributed by atoms with Gasteiger partial charge in [-0.1, -0.05) is 168 Å². The second-order valence-electron chi connectivity index (χ2n) is 20.3. The number of rotatable bonds is 5. The minimum Gasteiger partial charge on any atom is -0.457 e. The maximum Gasteiger partial charge on any atom is 0.137 e. The standard InChI is InChI=1S/C63H54N4O/c1-40-33-41(35-43(34-40)63(5,6)7)47-24-15-25-54-50-21-10-8-19-48(50)49-20-9-11-22-51(49)55-26-16-28-57-61(55)66(60(47)54)39-65(57)44-17-14-18-45(37-44)68-46-29-30-53-52-23-12-13-27-56(52)67(58(53)38-46)59-36-42(31-32-64-59)62(2,3)4/h8-38H,39H2,1-7H3/i1D3. The Hall–Kier alpha value is -7.89. The van der Waals surface area contributed by atoms with Crippen LogP contribution in [0.4, 0.5) is 11.4 Å². The second kappa shape index (κ2) is 15.6. The number of nitrogens with zero attached hydrogens (tertiary/aromatic N) is 4. The van der Waals surface area contributed by atoms with Crippen LogP contribution in [0.15, 0.2) is 188 Å². The Kier molecular flexibility index (Phi) is 8.77. The lowest BCUT2D eigenvalue weighted by atomic mass is 9.84. The number of aromatic nitrogens is 3. The largest absolute Gasteiger partial charge is 0.457 e. The number of pyridine rings is 1. The summed E-state index contributed by atoms with van der Waals surface area (Å²) < 4.78 is 37.4. The maximum absolute atomic E-state index is 8.61. The van der Waals surface area contributed by atoms with Crippen molar-refractivity contribution >= 4 is 76.5 Å². The molecule has 12 rings (SSSR count). The molecule has 68 heavy (non-hydrogen) atoms. The van der Waals surface area contributed by atoms with E-state index in [2.05, 4.69) is 219 Å². The van der Waals surface area contributed by atoms with Crippen LogP contribution in [0.2, 0.25) is 0 Å². The highest BCUT2D eigenvalue weighted by Gasteiger charge is 2.26. The second-order valence-corrected chi connectivity index (χ2v) is 20.3. The van der Waals surface area contributed by atoms with Gasteiger partial charge in [-0.15, -0.1) is 0 Å². The van der Waals surface area contributed by atoms with Gasteiger partial charge in [-0.25, -0.2) is 4.98 Å². The molecule has 332 valence electrons. The van der Waals surface area contributed by atoms with E-state index in [-0.39, 0.29) is 10.8 Å². The Morgan fingerprint density at radius 3 is 1.84 bits per heavy atom. The molecule has 0 saturated carbocycles. The lowest BCUT2D eigenvalue weighted by molar-refractivity contribution is 0.483. The minimum absolute atomic E-state index is 0.0370. The van der Waals surface area contributed by atoms with Crippen LogP contribution >= 0.6 is 0 Å². The number of aryl methyl sites for hydroxylation is 1. The van der Waals surface area contributed by atoms with Crippen molar-refractivity contribution < 1.29 is 8.85 Å². The number of anilines is 2. The van der Waals surface area contributed by atoms with E-state index in [0.717, 1.165) is 105 Å². The summed E-state index contributed by atoms with van der Waals surface area (Å²) in [5.74, 6) is 2.31. The molecule has 0 fully saturated rings. The number of hydrogen-bond acceptors (Lipinski definition) is 3. The first kappa shape index (κ1) is 38.2. The number of benzene rings is 8. The van der Waals surface area contributed by atoms with Crippen molar-refractivity contribution in [3.05, 3.63) is 205 Å². The van der Waals surface area contributed by atoms with Crippen LogP contribution in [0.5, 0.6) is 11.5 Å². The first-order valence-electron chi connectivity index (χ1n) is 25.0. The molecule has 5 nitrogen and oxygen atoms in total. The zero-order valence-corrected chi connectivity index (χ0v) is 39.3. The maximum atomic E-state index is 8.61. The van der Waals surface area contributed by atoms with Crippen molar-refractivity contribution in [1.29, 1.82) is 0 Å². The highest BCUT2D eigenvalue weighted by Crippen LogP contribution is 2.46. The number of para-hydroxylation sites is 3. The van der Waals surface area contributed by atoms with Crippen LogP contribution in [0.25, 0.3) is 82.1 Å². The summed E-state index contributed by atoms with van der Waals surface area (Å²) in [5, 5.41) is 9.01. The molecule has 8 aromatic carbocycles. The predicted molar refractivity (Wildman–Crippen MR) is 287 cm³/mol. The Labute approximate surface area is 402 Å². The molecule has 0 saturated heterocycles. The molecule has 0 unspecified atom stereocenters. The molecule has 0 spiro atoms. The van der Waals surface area contributed by atoms with E-state index in [0.29, 0.717) is 18.0 Å². The topological polar surface area (TPSA) is 35.2 Å². The third-order valence-corrected chi connectivity index (χ3v) is 13.8. The fourth-order valence-corrected chi connectivity index (χ4v) is 10.5.